The lowest BCUT2D eigenvalue weighted by molar-refractivity contribution is -0.151. The van der Waals surface area contributed by atoms with E-state index in [9.17, 15) is 15.0 Å². The van der Waals surface area contributed by atoms with Crippen LogP contribution in [0.15, 0.2) is 24.3 Å². The molecule has 4 heteroatoms. The van der Waals surface area contributed by atoms with E-state index in [0.29, 0.717) is 18.6 Å². The number of aliphatic carboxylic acids is 1. The van der Waals surface area contributed by atoms with Gasteiger partial charge in [-0.15, -0.1) is 0 Å². The van der Waals surface area contributed by atoms with Crippen LogP contribution in [0.2, 0.25) is 0 Å². The Bertz CT molecular complexity index is 464. The van der Waals surface area contributed by atoms with E-state index in [0.717, 1.165) is 18.7 Å². The molecule has 2 N–H and O–H groups in total. The van der Waals surface area contributed by atoms with Crippen LogP contribution in [0, 0.1) is 5.41 Å². The number of hydrogen-bond donors (Lipinski definition) is 2. The molecule has 0 saturated carbocycles. The Hall–Kier alpha value is -1.55. The second-order valence-corrected chi connectivity index (χ2v) is 5.64. The van der Waals surface area contributed by atoms with Gasteiger partial charge in [0.1, 0.15) is 5.75 Å². The van der Waals surface area contributed by atoms with Crippen molar-refractivity contribution in [2.24, 2.45) is 5.41 Å². The van der Waals surface area contributed by atoms with Crippen LogP contribution >= 0.6 is 0 Å². The van der Waals surface area contributed by atoms with Crippen molar-refractivity contribution >= 4 is 5.97 Å². The molecule has 1 aromatic rings. The molecule has 0 radical (unpaired) electrons. The van der Waals surface area contributed by atoms with Crippen molar-refractivity contribution in [3.8, 4) is 5.75 Å². The summed E-state index contributed by atoms with van der Waals surface area (Å²) in [6, 6.07) is 7.45. The molecule has 2 rings (SSSR count). The van der Waals surface area contributed by atoms with Crippen molar-refractivity contribution in [3.05, 3.63) is 29.8 Å². The number of aromatic hydroxyl groups is 1. The van der Waals surface area contributed by atoms with E-state index in [4.69, 9.17) is 0 Å². The molecule has 104 valence electrons. The molecular weight excluding hydrogens is 242 g/mol. The third-order valence-electron chi connectivity index (χ3n) is 4.35. The molecular formula is C15H21NO3. The van der Waals surface area contributed by atoms with E-state index in [1.807, 2.05) is 25.1 Å². The number of carbonyl (C=O) groups is 1. The van der Waals surface area contributed by atoms with Gasteiger partial charge in [-0.1, -0.05) is 18.2 Å². The first-order valence-electron chi connectivity index (χ1n) is 6.69. The summed E-state index contributed by atoms with van der Waals surface area (Å²) >= 11 is 0. The fourth-order valence-corrected chi connectivity index (χ4v) is 2.66. The van der Waals surface area contributed by atoms with Crippen LogP contribution in [0.3, 0.4) is 0 Å². The normalized spacial score (nSPS) is 20.9. The lowest BCUT2D eigenvalue weighted by Gasteiger charge is -2.39. The van der Waals surface area contributed by atoms with Crippen LogP contribution < -0.4 is 0 Å². The Morgan fingerprint density at radius 3 is 2.42 bits per heavy atom. The van der Waals surface area contributed by atoms with Gasteiger partial charge in [0.25, 0.3) is 0 Å². The molecule has 0 bridgehead atoms. The smallest absolute Gasteiger partial charge is 0.309 e. The summed E-state index contributed by atoms with van der Waals surface area (Å²) in [5, 5.41) is 19.1. The first-order valence-corrected chi connectivity index (χ1v) is 6.69. The molecule has 0 aliphatic carbocycles. The lowest BCUT2D eigenvalue weighted by Crippen LogP contribution is -2.43. The number of carboxylic acid groups (broad SMARTS) is 1. The number of benzene rings is 1. The zero-order valence-corrected chi connectivity index (χ0v) is 11.5. The zero-order valence-electron chi connectivity index (χ0n) is 11.5. The quantitative estimate of drug-likeness (QED) is 0.880. The van der Waals surface area contributed by atoms with Gasteiger partial charge in [-0.2, -0.15) is 0 Å². The molecule has 4 nitrogen and oxygen atoms in total. The van der Waals surface area contributed by atoms with Gasteiger partial charge in [0.15, 0.2) is 0 Å². The van der Waals surface area contributed by atoms with E-state index >= 15 is 0 Å². The molecule has 1 saturated heterocycles. The number of phenols is 1. The van der Waals surface area contributed by atoms with Crippen molar-refractivity contribution in [3.63, 3.8) is 0 Å². The summed E-state index contributed by atoms with van der Waals surface area (Å²) in [7, 11) is 0. The predicted octanol–water partition coefficient (Wildman–Crippen LogP) is 2.64. The highest BCUT2D eigenvalue weighted by Crippen LogP contribution is 2.36. The maximum Gasteiger partial charge on any atom is 0.309 e. The van der Waals surface area contributed by atoms with E-state index < -0.39 is 11.4 Å². The molecule has 1 heterocycles. The van der Waals surface area contributed by atoms with Crippen LogP contribution in [0.5, 0.6) is 5.75 Å². The van der Waals surface area contributed by atoms with Gasteiger partial charge in [-0.25, -0.2) is 0 Å². The molecule has 19 heavy (non-hydrogen) atoms. The Morgan fingerprint density at radius 1 is 1.32 bits per heavy atom. The topological polar surface area (TPSA) is 60.8 Å². The van der Waals surface area contributed by atoms with Crippen LogP contribution in [-0.2, 0) is 4.79 Å². The summed E-state index contributed by atoms with van der Waals surface area (Å²) < 4.78 is 0. The van der Waals surface area contributed by atoms with Crippen LogP contribution in [-0.4, -0.2) is 34.2 Å². The summed E-state index contributed by atoms with van der Waals surface area (Å²) in [4.78, 5) is 13.5. The number of phenolic OH excluding ortho intramolecular Hbond substituents is 1. The highest BCUT2D eigenvalue weighted by atomic mass is 16.4. The standard InChI is InChI=1S/C15H21NO3/c1-11(12-5-3-4-6-13(12)17)16-9-7-15(2,8-10-16)14(18)19/h3-6,11,17H,7-10H2,1-2H3,(H,18,19). The van der Waals surface area contributed by atoms with Gasteiger partial charge in [-0.3, -0.25) is 9.69 Å². The molecule has 1 fully saturated rings. The Balaban J connectivity index is 2.06. The van der Waals surface area contributed by atoms with E-state index in [2.05, 4.69) is 11.8 Å². The van der Waals surface area contributed by atoms with Crippen LogP contribution in [0.1, 0.15) is 38.3 Å². The molecule has 1 atom stereocenters. The van der Waals surface area contributed by atoms with Gasteiger partial charge in [0, 0.05) is 11.6 Å². The average Bonchev–Trinajstić information content (AvgIpc) is 2.39. The van der Waals surface area contributed by atoms with E-state index in [1.54, 1.807) is 6.07 Å². The Labute approximate surface area is 113 Å². The highest BCUT2D eigenvalue weighted by molar-refractivity contribution is 5.74. The number of para-hydroxylation sites is 1. The van der Waals surface area contributed by atoms with Gasteiger partial charge >= 0.3 is 5.97 Å². The number of carboxylic acids is 1. The molecule has 1 aromatic carbocycles. The SMILES string of the molecule is CC(c1ccccc1O)N1CCC(C)(C(=O)O)CC1. The van der Waals surface area contributed by atoms with Crippen molar-refractivity contribution in [2.75, 3.05) is 13.1 Å². The highest BCUT2D eigenvalue weighted by Gasteiger charge is 2.38. The molecule has 1 aliphatic rings. The second kappa shape index (κ2) is 5.21. The summed E-state index contributed by atoms with van der Waals surface area (Å²) in [6.45, 7) is 5.37. The van der Waals surface area contributed by atoms with E-state index in [1.165, 1.54) is 0 Å². The molecule has 1 unspecified atom stereocenters. The molecule has 1 aliphatic heterocycles. The lowest BCUT2D eigenvalue weighted by atomic mass is 9.80. The first-order chi connectivity index (χ1) is 8.94. The number of hydrogen-bond acceptors (Lipinski definition) is 3. The van der Waals surface area contributed by atoms with Gasteiger partial charge in [0.2, 0.25) is 0 Å². The van der Waals surface area contributed by atoms with Crippen molar-refractivity contribution in [1.29, 1.82) is 0 Å². The fraction of sp³-hybridized carbons (Fsp3) is 0.533. The van der Waals surface area contributed by atoms with Crippen LogP contribution in [0.4, 0.5) is 0 Å². The monoisotopic (exact) mass is 263 g/mol. The molecule has 0 spiro atoms. The largest absolute Gasteiger partial charge is 0.508 e. The minimum Gasteiger partial charge on any atom is -0.508 e. The molecule has 0 amide bonds. The minimum atomic E-state index is -0.706. The third-order valence-corrected chi connectivity index (χ3v) is 4.35. The Kier molecular flexibility index (Phi) is 3.80. The van der Waals surface area contributed by atoms with Crippen molar-refractivity contribution in [2.45, 2.75) is 32.7 Å². The van der Waals surface area contributed by atoms with Crippen molar-refractivity contribution < 1.29 is 15.0 Å². The Morgan fingerprint density at radius 2 is 1.89 bits per heavy atom. The maximum absolute atomic E-state index is 11.2. The van der Waals surface area contributed by atoms with Gasteiger partial charge in [-0.05, 0) is 45.8 Å². The maximum atomic E-state index is 11.2. The second-order valence-electron chi connectivity index (χ2n) is 5.64. The predicted molar refractivity (Wildman–Crippen MR) is 73.1 cm³/mol. The minimum absolute atomic E-state index is 0.111. The summed E-state index contributed by atoms with van der Waals surface area (Å²) in [5.74, 6) is -0.399. The fourth-order valence-electron chi connectivity index (χ4n) is 2.66. The van der Waals surface area contributed by atoms with E-state index in [-0.39, 0.29) is 6.04 Å². The zero-order chi connectivity index (χ0) is 14.0. The third kappa shape index (κ3) is 2.73. The summed E-state index contributed by atoms with van der Waals surface area (Å²) in [6.07, 6.45) is 1.31. The van der Waals surface area contributed by atoms with Gasteiger partial charge < -0.3 is 10.2 Å². The first kappa shape index (κ1) is 13.9. The number of piperidine rings is 1. The molecule has 0 aromatic heterocycles. The average molecular weight is 263 g/mol. The summed E-state index contributed by atoms with van der Waals surface area (Å²) in [5.41, 5.74) is 0.302. The van der Waals surface area contributed by atoms with Crippen LogP contribution in [0.25, 0.3) is 0 Å². The van der Waals surface area contributed by atoms with Gasteiger partial charge in [0.05, 0.1) is 5.41 Å². The number of nitrogens with zero attached hydrogens (tertiary/aromatic N) is 1. The number of rotatable bonds is 3. The number of likely N-dealkylation sites (tertiary alicyclic amines) is 1. The van der Waals surface area contributed by atoms with Crippen molar-refractivity contribution in [1.82, 2.24) is 4.90 Å².